The second kappa shape index (κ2) is 8.54. The van der Waals surface area contributed by atoms with Crippen molar-refractivity contribution >= 4 is 12.2 Å². The van der Waals surface area contributed by atoms with Crippen molar-refractivity contribution in [2.24, 2.45) is 11.8 Å². The molecule has 4 nitrogen and oxygen atoms in total. The highest BCUT2D eigenvalue weighted by atomic mass is 19.1. The molecule has 2 aliphatic rings. The largest absolute Gasteiger partial charge is 0.316 e. The van der Waals surface area contributed by atoms with Crippen molar-refractivity contribution in [1.29, 1.82) is 0 Å². The molecule has 164 valence electrons. The number of nitrogens with zero attached hydrogens (tertiary/aromatic N) is 1. The van der Waals surface area contributed by atoms with Gasteiger partial charge in [-0.15, -0.1) is 0 Å². The first-order chi connectivity index (χ1) is 14.9. The first-order valence-electron chi connectivity index (χ1n) is 11.3. The van der Waals surface area contributed by atoms with E-state index in [2.05, 4.69) is 31.0 Å². The van der Waals surface area contributed by atoms with Crippen LogP contribution in [0.1, 0.15) is 80.0 Å². The minimum atomic E-state index is -0.485. The number of hydrogen-bond acceptors (Lipinski definition) is 3. The maximum Gasteiger partial charge on any atom is 0.246 e. The normalized spacial score (nSPS) is 29.4. The van der Waals surface area contributed by atoms with Crippen molar-refractivity contribution in [3.8, 4) is 0 Å². The van der Waals surface area contributed by atoms with Gasteiger partial charge in [-0.25, -0.2) is 4.39 Å². The van der Waals surface area contributed by atoms with E-state index < -0.39 is 11.7 Å². The SMILES string of the molecule is CCC(c1ccc(C=O)cc1)N1C(=O)C(c2ccc(F)cc2)NC12CC(C)CC(C)C2. The van der Waals surface area contributed by atoms with Crippen LogP contribution in [0.25, 0.3) is 0 Å². The number of carbonyl (C=O) groups is 2. The number of amides is 1. The molecule has 4 unspecified atom stereocenters. The van der Waals surface area contributed by atoms with Gasteiger partial charge >= 0.3 is 0 Å². The van der Waals surface area contributed by atoms with Crippen LogP contribution >= 0.6 is 0 Å². The van der Waals surface area contributed by atoms with Gasteiger partial charge in [0.05, 0.1) is 11.7 Å². The lowest BCUT2D eigenvalue weighted by atomic mass is 9.75. The van der Waals surface area contributed by atoms with Gasteiger partial charge in [-0.05, 0) is 60.8 Å². The quantitative estimate of drug-likeness (QED) is 0.655. The number of hydrogen-bond donors (Lipinski definition) is 1. The maximum absolute atomic E-state index is 13.9. The molecule has 1 heterocycles. The Balaban J connectivity index is 1.77. The smallest absolute Gasteiger partial charge is 0.246 e. The van der Waals surface area contributed by atoms with Crippen LogP contribution in [0.4, 0.5) is 4.39 Å². The Labute approximate surface area is 183 Å². The minimum Gasteiger partial charge on any atom is -0.316 e. The lowest BCUT2D eigenvalue weighted by molar-refractivity contribution is -0.138. The molecule has 4 rings (SSSR count). The van der Waals surface area contributed by atoms with Gasteiger partial charge in [0.2, 0.25) is 5.91 Å². The fraction of sp³-hybridized carbons (Fsp3) is 0.462. The molecule has 2 aromatic rings. The van der Waals surface area contributed by atoms with E-state index in [-0.39, 0.29) is 17.8 Å². The molecule has 2 fully saturated rings. The summed E-state index contributed by atoms with van der Waals surface area (Å²) in [5.41, 5.74) is 2.03. The summed E-state index contributed by atoms with van der Waals surface area (Å²) in [6, 6.07) is 13.2. The van der Waals surface area contributed by atoms with Crippen molar-refractivity contribution in [3.05, 3.63) is 71.0 Å². The lowest BCUT2D eigenvalue weighted by Gasteiger charge is -2.48. The molecule has 0 aromatic heterocycles. The van der Waals surface area contributed by atoms with Crippen LogP contribution in [0.2, 0.25) is 0 Å². The molecule has 4 atom stereocenters. The maximum atomic E-state index is 13.9. The van der Waals surface area contributed by atoms with E-state index in [1.807, 2.05) is 24.3 Å². The monoisotopic (exact) mass is 422 g/mol. The molecule has 0 bridgehead atoms. The zero-order valence-electron chi connectivity index (χ0n) is 18.5. The summed E-state index contributed by atoms with van der Waals surface area (Å²) in [6.45, 7) is 6.61. The average molecular weight is 423 g/mol. The molecule has 2 aromatic carbocycles. The number of carbonyl (C=O) groups excluding carboxylic acids is 2. The summed E-state index contributed by atoms with van der Waals surface area (Å²) in [5.74, 6) is 0.725. The van der Waals surface area contributed by atoms with Crippen molar-refractivity contribution < 1.29 is 14.0 Å². The van der Waals surface area contributed by atoms with Gasteiger partial charge in [0.15, 0.2) is 0 Å². The van der Waals surface area contributed by atoms with E-state index in [0.29, 0.717) is 17.4 Å². The van der Waals surface area contributed by atoms with E-state index >= 15 is 0 Å². The molecule has 1 aliphatic heterocycles. The Kier molecular flexibility index (Phi) is 5.98. The molecular formula is C26H31FN2O2. The highest BCUT2D eigenvalue weighted by Crippen LogP contribution is 2.48. The molecule has 0 radical (unpaired) electrons. The van der Waals surface area contributed by atoms with Crippen molar-refractivity contribution in [1.82, 2.24) is 10.2 Å². The molecule has 1 amide bonds. The summed E-state index contributed by atoms with van der Waals surface area (Å²) < 4.78 is 13.5. The lowest BCUT2D eigenvalue weighted by Crippen LogP contribution is -2.57. The van der Waals surface area contributed by atoms with Crippen molar-refractivity contribution in [2.75, 3.05) is 0 Å². The molecule has 1 saturated carbocycles. The Morgan fingerprint density at radius 1 is 1.10 bits per heavy atom. The van der Waals surface area contributed by atoms with Gasteiger partial charge < -0.3 is 4.90 Å². The van der Waals surface area contributed by atoms with Gasteiger partial charge in [-0.2, -0.15) is 0 Å². The third-order valence-electron chi connectivity index (χ3n) is 6.89. The second-order valence-electron chi connectivity index (χ2n) is 9.43. The number of rotatable bonds is 5. The van der Waals surface area contributed by atoms with Gasteiger partial charge in [-0.1, -0.05) is 57.2 Å². The van der Waals surface area contributed by atoms with Crippen LogP contribution in [0.15, 0.2) is 48.5 Å². The van der Waals surface area contributed by atoms with Gasteiger partial charge in [0, 0.05) is 5.56 Å². The third-order valence-corrected chi connectivity index (χ3v) is 6.89. The van der Waals surface area contributed by atoms with Crippen molar-refractivity contribution in [2.45, 2.75) is 64.2 Å². The van der Waals surface area contributed by atoms with Gasteiger partial charge in [0.25, 0.3) is 0 Å². The first kappa shape index (κ1) is 21.7. The third kappa shape index (κ3) is 4.03. The summed E-state index contributed by atoms with van der Waals surface area (Å²) in [5, 5.41) is 3.71. The number of halogens is 1. The Bertz CT molecular complexity index is 931. The van der Waals surface area contributed by atoms with Crippen LogP contribution in [-0.2, 0) is 4.79 Å². The summed E-state index contributed by atoms with van der Waals surface area (Å²) in [4.78, 5) is 27.1. The van der Waals surface area contributed by atoms with Crippen LogP contribution in [0.3, 0.4) is 0 Å². The number of nitrogens with one attached hydrogen (secondary N) is 1. The van der Waals surface area contributed by atoms with Crippen LogP contribution < -0.4 is 5.32 Å². The van der Waals surface area contributed by atoms with Crippen LogP contribution in [0, 0.1) is 17.7 Å². The molecule has 1 saturated heterocycles. The summed E-state index contributed by atoms with van der Waals surface area (Å²) >= 11 is 0. The van der Waals surface area contributed by atoms with Crippen LogP contribution in [-0.4, -0.2) is 22.8 Å². The summed E-state index contributed by atoms with van der Waals surface area (Å²) in [6.07, 6.45) is 4.54. The number of aldehydes is 1. The molecule has 31 heavy (non-hydrogen) atoms. The standard InChI is InChI=1S/C26H31FN2O2/c1-4-23(20-7-5-19(16-30)6-8-20)29-25(31)24(21-9-11-22(27)12-10-21)28-26(29)14-17(2)13-18(3)15-26/h5-12,16-18,23-24,28H,4,13-15H2,1-3H3. The predicted octanol–water partition coefficient (Wildman–Crippen LogP) is 5.41. The fourth-order valence-electron chi connectivity index (χ4n) is 5.85. The highest BCUT2D eigenvalue weighted by Gasteiger charge is 2.55. The zero-order valence-corrected chi connectivity index (χ0v) is 18.5. The van der Waals surface area contributed by atoms with E-state index in [1.54, 1.807) is 12.1 Å². The van der Waals surface area contributed by atoms with E-state index in [4.69, 9.17) is 0 Å². The fourth-order valence-corrected chi connectivity index (χ4v) is 5.85. The topological polar surface area (TPSA) is 49.4 Å². The van der Waals surface area contributed by atoms with Crippen LogP contribution in [0.5, 0.6) is 0 Å². The van der Waals surface area contributed by atoms with Crippen molar-refractivity contribution in [3.63, 3.8) is 0 Å². The first-order valence-corrected chi connectivity index (χ1v) is 11.3. The molecular weight excluding hydrogens is 391 g/mol. The van der Waals surface area contributed by atoms with E-state index in [0.717, 1.165) is 43.1 Å². The average Bonchev–Trinajstić information content (AvgIpc) is 3.00. The molecule has 1 N–H and O–H groups in total. The Morgan fingerprint density at radius 3 is 2.26 bits per heavy atom. The minimum absolute atomic E-state index is 0.0409. The second-order valence-corrected chi connectivity index (χ2v) is 9.43. The Morgan fingerprint density at radius 2 is 1.71 bits per heavy atom. The summed E-state index contributed by atoms with van der Waals surface area (Å²) in [7, 11) is 0. The molecule has 1 aliphatic carbocycles. The van der Waals surface area contributed by atoms with E-state index in [9.17, 15) is 14.0 Å². The van der Waals surface area contributed by atoms with E-state index in [1.165, 1.54) is 12.1 Å². The molecule has 1 spiro atoms. The van der Waals surface area contributed by atoms with Gasteiger partial charge in [0.1, 0.15) is 18.1 Å². The molecule has 5 heteroatoms. The Hall–Kier alpha value is -2.53. The number of benzene rings is 2. The highest BCUT2D eigenvalue weighted by molar-refractivity contribution is 5.87. The van der Waals surface area contributed by atoms with Gasteiger partial charge in [-0.3, -0.25) is 14.9 Å². The zero-order chi connectivity index (χ0) is 22.2. The predicted molar refractivity (Wildman–Crippen MR) is 119 cm³/mol.